The van der Waals surface area contributed by atoms with E-state index in [0.29, 0.717) is 24.5 Å². The molecular formula is C21H36FNO4Si. The average Bonchev–Trinajstić information content (AvgIpc) is 2.49. The lowest BCUT2D eigenvalue weighted by atomic mass is 10.1. The molecule has 5 nitrogen and oxygen atoms in total. The van der Waals surface area contributed by atoms with Crippen LogP contribution in [0, 0.1) is 5.82 Å². The molecule has 0 bridgehead atoms. The van der Waals surface area contributed by atoms with Crippen LogP contribution in [0.2, 0.25) is 18.1 Å². The lowest BCUT2D eigenvalue weighted by Crippen LogP contribution is -2.41. The minimum Gasteiger partial charge on any atom is -0.491 e. The van der Waals surface area contributed by atoms with Gasteiger partial charge in [-0.1, -0.05) is 20.8 Å². The maximum Gasteiger partial charge on any atom is 0.408 e. The van der Waals surface area contributed by atoms with Gasteiger partial charge in [0.05, 0.1) is 12.6 Å². The zero-order valence-electron chi connectivity index (χ0n) is 18.7. The normalized spacial score (nSPS) is 13.8. The summed E-state index contributed by atoms with van der Waals surface area (Å²) in [5, 5.41) is 2.85. The topological polar surface area (TPSA) is 56.8 Å². The molecule has 0 radical (unpaired) electrons. The Hall–Kier alpha value is -1.60. The second-order valence-electron chi connectivity index (χ2n) is 9.51. The fraction of sp³-hybridized carbons (Fsp3) is 0.667. The third-order valence-corrected chi connectivity index (χ3v) is 9.32. The minimum atomic E-state index is -1.85. The van der Waals surface area contributed by atoms with Gasteiger partial charge in [-0.2, -0.15) is 0 Å². The molecule has 28 heavy (non-hydrogen) atoms. The van der Waals surface area contributed by atoms with E-state index in [9.17, 15) is 9.18 Å². The van der Waals surface area contributed by atoms with E-state index in [1.165, 1.54) is 12.1 Å². The van der Waals surface area contributed by atoms with Crippen molar-refractivity contribution in [3.8, 4) is 5.75 Å². The second-order valence-corrected chi connectivity index (χ2v) is 14.3. The second kappa shape index (κ2) is 9.26. The predicted molar refractivity (Wildman–Crippen MR) is 113 cm³/mol. The van der Waals surface area contributed by atoms with E-state index in [-0.39, 0.29) is 5.04 Å². The van der Waals surface area contributed by atoms with Crippen LogP contribution in [0.25, 0.3) is 0 Å². The maximum atomic E-state index is 13.8. The van der Waals surface area contributed by atoms with E-state index in [4.69, 9.17) is 13.9 Å². The number of benzene rings is 1. The molecule has 1 atom stereocenters. The first-order valence-electron chi connectivity index (χ1n) is 9.68. The molecule has 0 heterocycles. The molecule has 0 fully saturated rings. The molecule has 1 aromatic carbocycles. The van der Waals surface area contributed by atoms with Crippen molar-refractivity contribution >= 4 is 14.4 Å². The first kappa shape index (κ1) is 24.4. The molecule has 0 aliphatic rings. The summed E-state index contributed by atoms with van der Waals surface area (Å²) in [5.74, 6) is 0.126. The highest BCUT2D eigenvalue weighted by atomic mass is 28.4. The van der Waals surface area contributed by atoms with E-state index >= 15 is 0 Å². The quantitative estimate of drug-likeness (QED) is 0.452. The Morgan fingerprint density at radius 1 is 1.14 bits per heavy atom. The van der Waals surface area contributed by atoms with E-state index in [1.54, 1.807) is 33.8 Å². The van der Waals surface area contributed by atoms with Gasteiger partial charge in [0.2, 0.25) is 0 Å². The first-order chi connectivity index (χ1) is 12.6. The van der Waals surface area contributed by atoms with Crippen LogP contribution in [0.5, 0.6) is 5.75 Å². The Bertz CT molecular complexity index is 665. The SMILES string of the molecule is C[C@@H](NC(=O)OC(C)(C)C)c1cc(F)ccc1OCCO[Si](C)(C)C(C)(C)C. The van der Waals surface area contributed by atoms with Crippen LogP contribution in [0.4, 0.5) is 9.18 Å². The number of ether oxygens (including phenoxy) is 2. The predicted octanol–water partition coefficient (Wildman–Crippen LogP) is 5.81. The fourth-order valence-corrected chi connectivity index (χ4v) is 3.24. The molecule has 0 aliphatic heterocycles. The number of hydrogen-bond donors (Lipinski definition) is 1. The molecule has 0 saturated heterocycles. The molecule has 0 saturated carbocycles. The summed E-state index contributed by atoms with van der Waals surface area (Å²) in [6.45, 7) is 18.9. The summed E-state index contributed by atoms with van der Waals surface area (Å²) < 4.78 is 31.0. The van der Waals surface area contributed by atoms with E-state index in [2.05, 4.69) is 39.2 Å². The molecule has 1 amide bonds. The smallest absolute Gasteiger partial charge is 0.408 e. The summed E-state index contributed by atoms with van der Waals surface area (Å²) >= 11 is 0. The van der Waals surface area contributed by atoms with Gasteiger partial charge in [0.15, 0.2) is 8.32 Å². The fourth-order valence-electron chi connectivity index (χ4n) is 2.22. The van der Waals surface area contributed by atoms with Crippen LogP contribution in [-0.4, -0.2) is 33.2 Å². The molecule has 1 rings (SSSR count). The zero-order valence-corrected chi connectivity index (χ0v) is 19.7. The van der Waals surface area contributed by atoms with Crippen LogP contribution in [0.15, 0.2) is 18.2 Å². The molecule has 1 aromatic rings. The Morgan fingerprint density at radius 3 is 2.29 bits per heavy atom. The number of carbonyl (C=O) groups is 1. The van der Waals surface area contributed by atoms with Gasteiger partial charge in [0, 0.05) is 5.56 Å². The number of carbonyl (C=O) groups excluding carboxylic acids is 1. The summed E-state index contributed by atoms with van der Waals surface area (Å²) in [6.07, 6.45) is -0.559. The molecule has 0 aliphatic carbocycles. The largest absolute Gasteiger partial charge is 0.491 e. The van der Waals surface area contributed by atoms with Crippen molar-refractivity contribution < 1.29 is 23.1 Å². The lowest BCUT2D eigenvalue weighted by Gasteiger charge is -2.36. The van der Waals surface area contributed by atoms with Gasteiger partial charge in [-0.05, 0) is 64.0 Å². The molecule has 160 valence electrons. The summed E-state index contributed by atoms with van der Waals surface area (Å²) in [7, 11) is -1.85. The monoisotopic (exact) mass is 413 g/mol. The van der Waals surface area contributed by atoms with Gasteiger partial charge < -0.3 is 19.2 Å². The highest BCUT2D eigenvalue weighted by Gasteiger charge is 2.36. The van der Waals surface area contributed by atoms with Gasteiger partial charge in [-0.25, -0.2) is 9.18 Å². The Morgan fingerprint density at radius 2 is 1.75 bits per heavy atom. The van der Waals surface area contributed by atoms with E-state index in [1.807, 2.05) is 0 Å². The maximum absolute atomic E-state index is 13.8. The summed E-state index contributed by atoms with van der Waals surface area (Å²) in [4.78, 5) is 12.0. The van der Waals surface area contributed by atoms with Crippen LogP contribution < -0.4 is 10.1 Å². The number of alkyl carbamates (subject to hydrolysis) is 1. The number of halogens is 1. The Balaban J connectivity index is 2.75. The molecule has 7 heteroatoms. The summed E-state index contributed by atoms with van der Waals surface area (Å²) in [5.41, 5.74) is -0.0511. The summed E-state index contributed by atoms with van der Waals surface area (Å²) in [6, 6.07) is 3.81. The highest BCUT2D eigenvalue weighted by molar-refractivity contribution is 6.74. The van der Waals surface area contributed by atoms with Crippen molar-refractivity contribution in [3.05, 3.63) is 29.6 Å². The van der Waals surface area contributed by atoms with Crippen LogP contribution >= 0.6 is 0 Å². The van der Waals surface area contributed by atoms with Crippen molar-refractivity contribution in [1.82, 2.24) is 5.32 Å². The lowest BCUT2D eigenvalue weighted by molar-refractivity contribution is 0.0507. The molecular weight excluding hydrogens is 377 g/mol. The highest BCUT2D eigenvalue weighted by Crippen LogP contribution is 2.36. The van der Waals surface area contributed by atoms with Gasteiger partial charge in [0.25, 0.3) is 0 Å². The number of hydrogen-bond acceptors (Lipinski definition) is 4. The van der Waals surface area contributed by atoms with E-state index < -0.39 is 31.9 Å². The minimum absolute atomic E-state index is 0.125. The first-order valence-corrected chi connectivity index (χ1v) is 12.6. The van der Waals surface area contributed by atoms with Crippen molar-refractivity contribution in [2.75, 3.05) is 13.2 Å². The van der Waals surface area contributed by atoms with Gasteiger partial charge in [-0.15, -0.1) is 0 Å². The van der Waals surface area contributed by atoms with Gasteiger partial charge in [-0.3, -0.25) is 0 Å². The molecule has 0 unspecified atom stereocenters. The number of amides is 1. The van der Waals surface area contributed by atoms with Crippen LogP contribution in [0.1, 0.15) is 60.1 Å². The van der Waals surface area contributed by atoms with Crippen LogP contribution in [-0.2, 0) is 9.16 Å². The van der Waals surface area contributed by atoms with Crippen molar-refractivity contribution in [3.63, 3.8) is 0 Å². The van der Waals surface area contributed by atoms with Gasteiger partial charge >= 0.3 is 6.09 Å². The third-order valence-electron chi connectivity index (χ3n) is 4.78. The third kappa shape index (κ3) is 7.79. The zero-order chi connectivity index (χ0) is 21.8. The van der Waals surface area contributed by atoms with E-state index in [0.717, 1.165) is 0 Å². The number of rotatable bonds is 7. The molecule has 0 aromatic heterocycles. The van der Waals surface area contributed by atoms with Crippen molar-refractivity contribution in [2.24, 2.45) is 0 Å². The Kier molecular flexibility index (Phi) is 8.08. The molecule has 0 spiro atoms. The Labute approximate surface area is 170 Å². The van der Waals surface area contributed by atoms with Crippen molar-refractivity contribution in [1.29, 1.82) is 0 Å². The standard InChI is InChI=1S/C21H36FNO4Si/c1-15(23-19(24)27-20(2,3)4)17-14-16(22)10-11-18(17)25-12-13-26-28(8,9)21(5,6)7/h10-11,14-15H,12-13H2,1-9H3,(H,23,24)/t15-/m1/s1. The average molecular weight is 414 g/mol. The molecule has 1 N–H and O–H groups in total. The van der Waals surface area contributed by atoms with Crippen molar-refractivity contribution in [2.45, 2.75) is 78.2 Å². The van der Waals surface area contributed by atoms with Crippen LogP contribution in [0.3, 0.4) is 0 Å². The number of nitrogens with one attached hydrogen (secondary N) is 1. The van der Waals surface area contributed by atoms with Gasteiger partial charge in [0.1, 0.15) is 23.8 Å².